The van der Waals surface area contributed by atoms with Gasteiger partial charge in [0, 0.05) is 36.7 Å². The van der Waals surface area contributed by atoms with Gasteiger partial charge in [-0.1, -0.05) is 0 Å². The number of likely N-dealkylation sites (tertiary alicyclic amines) is 1. The Morgan fingerprint density at radius 2 is 1.86 bits per heavy atom. The van der Waals surface area contributed by atoms with Crippen LogP contribution in [0.4, 0.5) is 8.78 Å². The van der Waals surface area contributed by atoms with Crippen molar-refractivity contribution >= 4 is 0 Å². The highest BCUT2D eigenvalue weighted by molar-refractivity contribution is 5.38. The zero-order valence-corrected chi connectivity index (χ0v) is 16.1. The molecule has 154 valence electrons. The molecule has 28 heavy (non-hydrogen) atoms. The fraction of sp³-hybridized carbons (Fsp3) is 0.714. The average molecular weight is 394 g/mol. The summed E-state index contributed by atoms with van der Waals surface area (Å²) >= 11 is 0. The van der Waals surface area contributed by atoms with Gasteiger partial charge in [0.1, 0.15) is 5.75 Å². The second kappa shape index (κ2) is 7.52. The van der Waals surface area contributed by atoms with Crippen LogP contribution in [0.5, 0.6) is 5.75 Å². The van der Waals surface area contributed by atoms with Gasteiger partial charge in [0.05, 0.1) is 32.0 Å². The molecule has 4 aliphatic rings. The van der Waals surface area contributed by atoms with E-state index < -0.39 is 11.6 Å². The number of nitrogens with one attached hydrogen (secondary N) is 1. The fourth-order valence-electron chi connectivity index (χ4n) is 4.86. The Morgan fingerprint density at radius 1 is 1.11 bits per heavy atom. The van der Waals surface area contributed by atoms with Crippen molar-refractivity contribution in [3.63, 3.8) is 0 Å². The number of nitrogens with zero attached hydrogens (tertiary/aromatic N) is 1. The van der Waals surface area contributed by atoms with Gasteiger partial charge < -0.3 is 19.5 Å². The number of benzene rings is 1. The topological polar surface area (TPSA) is 43.0 Å². The van der Waals surface area contributed by atoms with Crippen LogP contribution in [0.2, 0.25) is 0 Å². The maximum Gasteiger partial charge on any atom is 0.162 e. The monoisotopic (exact) mass is 394 g/mol. The zero-order chi connectivity index (χ0) is 19.1. The molecule has 1 N–H and O–H groups in total. The summed E-state index contributed by atoms with van der Waals surface area (Å²) in [5, 5.41) is 3.31. The summed E-state index contributed by atoms with van der Waals surface area (Å²) in [6.07, 6.45) is 2.94. The van der Waals surface area contributed by atoms with Crippen LogP contribution < -0.4 is 10.1 Å². The van der Waals surface area contributed by atoms with E-state index in [-0.39, 0.29) is 11.5 Å². The van der Waals surface area contributed by atoms with Crippen LogP contribution in [0, 0.1) is 17.6 Å². The van der Waals surface area contributed by atoms with Crippen LogP contribution in [-0.4, -0.2) is 69.1 Å². The van der Waals surface area contributed by atoms with Crippen molar-refractivity contribution in [2.45, 2.75) is 36.8 Å². The molecule has 0 saturated carbocycles. The third-order valence-electron chi connectivity index (χ3n) is 6.80. The van der Waals surface area contributed by atoms with E-state index in [1.54, 1.807) is 0 Å². The van der Waals surface area contributed by atoms with Crippen LogP contribution >= 0.6 is 0 Å². The highest BCUT2D eigenvalue weighted by Gasteiger charge is 2.47. The van der Waals surface area contributed by atoms with Crippen molar-refractivity contribution in [3.8, 4) is 5.75 Å². The lowest BCUT2D eigenvalue weighted by molar-refractivity contribution is -0.0510. The predicted octanol–water partition coefficient (Wildman–Crippen LogP) is 2.30. The maximum absolute atomic E-state index is 14.0. The van der Waals surface area contributed by atoms with E-state index in [2.05, 4.69) is 10.2 Å². The summed E-state index contributed by atoms with van der Waals surface area (Å²) in [4.78, 5) is 2.51. The molecule has 0 bridgehead atoms. The van der Waals surface area contributed by atoms with E-state index in [0.29, 0.717) is 37.5 Å². The summed E-state index contributed by atoms with van der Waals surface area (Å²) in [7, 11) is 0. The Kier molecular flexibility index (Phi) is 5.03. The minimum atomic E-state index is -0.844. The molecular weight excluding hydrogens is 366 g/mol. The first-order chi connectivity index (χ1) is 13.6. The van der Waals surface area contributed by atoms with E-state index >= 15 is 0 Å². The molecule has 0 radical (unpaired) electrons. The van der Waals surface area contributed by atoms with Crippen LogP contribution in [-0.2, 0) is 9.47 Å². The Balaban J connectivity index is 1.23. The highest BCUT2D eigenvalue weighted by Crippen LogP contribution is 2.39. The summed E-state index contributed by atoms with van der Waals surface area (Å²) in [6.45, 7) is 6.48. The number of ether oxygens (including phenoxy) is 3. The Hall–Kier alpha value is -1.28. The molecule has 7 heteroatoms. The van der Waals surface area contributed by atoms with Crippen LogP contribution in [0.3, 0.4) is 0 Å². The van der Waals surface area contributed by atoms with Gasteiger partial charge in [-0.15, -0.1) is 0 Å². The van der Waals surface area contributed by atoms with E-state index in [1.807, 2.05) is 0 Å². The van der Waals surface area contributed by atoms with E-state index in [4.69, 9.17) is 14.2 Å². The van der Waals surface area contributed by atoms with E-state index in [9.17, 15) is 8.78 Å². The first kappa shape index (κ1) is 18.7. The van der Waals surface area contributed by atoms with Gasteiger partial charge in [0.2, 0.25) is 0 Å². The molecule has 0 aliphatic carbocycles. The number of hydrogen-bond donors (Lipinski definition) is 1. The van der Waals surface area contributed by atoms with E-state index in [0.717, 1.165) is 57.6 Å². The lowest BCUT2D eigenvalue weighted by Gasteiger charge is -2.40. The minimum Gasteiger partial charge on any atom is -0.493 e. The van der Waals surface area contributed by atoms with Crippen molar-refractivity contribution < 1.29 is 23.0 Å². The number of halogens is 2. The third kappa shape index (κ3) is 3.54. The molecule has 4 aliphatic heterocycles. The molecule has 4 heterocycles. The molecule has 1 aromatic rings. The maximum atomic E-state index is 14.0. The quantitative estimate of drug-likeness (QED) is 0.830. The smallest absolute Gasteiger partial charge is 0.162 e. The summed E-state index contributed by atoms with van der Waals surface area (Å²) in [5.74, 6) is -0.601. The summed E-state index contributed by atoms with van der Waals surface area (Å²) in [5.41, 5.74) is 0.870. The summed E-state index contributed by atoms with van der Waals surface area (Å²) in [6, 6.07) is 3.03. The van der Waals surface area contributed by atoms with Gasteiger partial charge in [-0.2, -0.15) is 0 Å². The first-order valence-corrected chi connectivity index (χ1v) is 10.4. The molecule has 1 atom stereocenters. The van der Waals surface area contributed by atoms with Crippen LogP contribution in [0.1, 0.15) is 30.7 Å². The second-order valence-corrected chi connectivity index (χ2v) is 8.78. The molecule has 4 saturated heterocycles. The minimum absolute atomic E-state index is 0.0633. The van der Waals surface area contributed by atoms with Crippen molar-refractivity contribution in [2.75, 3.05) is 52.6 Å². The second-order valence-electron chi connectivity index (χ2n) is 8.78. The molecule has 1 aromatic carbocycles. The molecule has 0 amide bonds. The van der Waals surface area contributed by atoms with Crippen molar-refractivity contribution in [2.24, 2.45) is 5.92 Å². The van der Waals surface area contributed by atoms with Crippen LogP contribution in [0.25, 0.3) is 0 Å². The fourth-order valence-corrected chi connectivity index (χ4v) is 4.86. The number of piperidine rings is 1. The van der Waals surface area contributed by atoms with Gasteiger partial charge in [-0.3, -0.25) is 4.90 Å². The largest absolute Gasteiger partial charge is 0.493 e. The van der Waals surface area contributed by atoms with E-state index in [1.165, 1.54) is 12.1 Å². The Bertz CT molecular complexity index is 716. The standard InChI is InChI=1S/C21H28F2N2O3/c22-18-5-17(20(6-19(18)23)27-10-14-8-26-9-14)15-1-3-25(4-2-15)16-7-21(28-11-16)12-24-13-21/h5-6,14-16,24H,1-4,7-13H2/t16-/m0/s1. The molecule has 5 rings (SSSR count). The first-order valence-electron chi connectivity index (χ1n) is 10.4. The van der Waals surface area contributed by atoms with Gasteiger partial charge in [-0.05, 0) is 44.3 Å². The molecule has 0 aromatic heterocycles. The molecular formula is C21H28F2N2O3. The normalized spacial score (nSPS) is 28.3. The molecule has 1 spiro atoms. The third-order valence-corrected chi connectivity index (χ3v) is 6.80. The predicted molar refractivity (Wildman–Crippen MR) is 99.7 cm³/mol. The highest BCUT2D eigenvalue weighted by atomic mass is 19.2. The lowest BCUT2D eigenvalue weighted by Crippen LogP contribution is -2.59. The average Bonchev–Trinajstić information content (AvgIpc) is 3.09. The lowest BCUT2D eigenvalue weighted by atomic mass is 9.86. The van der Waals surface area contributed by atoms with Gasteiger partial charge in [-0.25, -0.2) is 8.78 Å². The zero-order valence-electron chi connectivity index (χ0n) is 16.1. The Labute approximate surface area is 164 Å². The van der Waals surface area contributed by atoms with Crippen LogP contribution in [0.15, 0.2) is 12.1 Å². The van der Waals surface area contributed by atoms with Gasteiger partial charge in [0.15, 0.2) is 11.6 Å². The summed E-state index contributed by atoms with van der Waals surface area (Å²) < 4.78 is 44.9. The van der Waals surface area contributed by atoms with Gasteiger partial charge >= 0.3 is 0 Å². The van der Waals surface area contributed by atoms with Crippen molar-refractivity contribution in [3.05, 3.63) is 29.3 Å². The van der Waals surface area contributed by atoms with Crippen molar-refractivity contribution in [1.82, 2.24) is 10.2 Å². The van der Waals surface area contributed by atoms with Crippen molar-refractivity contribution in [1.29, 1.82) is 0 Å². The molecule has 4 fully saturated rings. The van der Waals surface area contributed by atoms with Gasteiger partial charge in [0.25, 0.3) is 0 Å². The number of hydrogen-bond acceptors (Lipinski definition) is 5. The Morgan fingerprint density at radius 3 is 2.46 bits per heavy atom. The number of rotatable bonds is 5. The SMILES string of the molecule is Fc1cc(OCC2COC2)c(C2CCN([C@@H]3COC4(CNC4)C3)CC2)cc1F. The molecule has 5 nitrogen and oxygen atoms in total. The molecule has 0 unspecified atom stereocenters.